The van der Waals surface area contributed by atoms with Crippen LogP contribution in [0.5, 0.6) is 5.75 Å². The van der Waals surface area contributed by atoms with Crippen LogP contribution in [0.1, 0.15) is 54.0 Å². The van der Waals surface area contributed by atoms with Crippen LogP contribution in [0.3, 0.4) is 0 Å². The molecule has 2 aromatic carbocycles. The van der Waals surface area contributed by atoms with Gasteiger partial charge in [-0.1, -0.05) is 37.7 Å². The highest BCUT2D eigenvalue weighted by Gasteiger charge is 2.15. The summed E-state index contributed by atoms with van der Waals surface area (Å²) < 4.78 is 8.03. The number of thioether (sulfide) groups is 1. The molecule has 0 atom stereocenters. The van der Waals surface area contributed by atoms with E-state index in [-0.39, 0.29) is 23.8 Å². The van der Waals surface area contributed by atoms with Gasteiger partial charge in [-0.3, -0.25) is 4.79 Å². The minimum atomic E-state index is -1.01. The second-order valence-corrected chi connectivity index (χ2v) is 8.79. The molecule has 3 aromatic rings. The number of carboxylic acids is 1. The molecule has 9 heteroatoms. The van der Waals surface area contributed by atoms with E-state index in [1.165, 1.54) is 23.9 Å². The van der Waals surface area contributed by atoms with E-state index in [2.05, 4.69) is 41.5 Å². The number of carboxylic acid groups (broad SMARTS) is 1. The molecular weight excluding hydrogens is 440 g/mol. The first-order valence-corrected chi connectivity index (χ1v) is 11.7. The lowest BCUT2D eigenvalue weighted by Gasteiger charge is -2.15. The first-order valence-electron chi connectivity index (χ1n) is 10.7. The zero-order valence-electron chi connectivity index (χ0n) is 19.2. The molecule has 0 aliphatic carbocycles. The third kappa shape index (κ3) is 6.35. The van der Waals surface area contributed by atoms with Crippen molar-refractivity contribution in [3.63, 3.8) is 0 Å². The molecule has 0 aliphatic heterocycles. The van der Waals surface area contributed by atoms with Crippen LogP contribution in [0.25, 0.3) is 0 Å². The maximum absolute atomic E-state index is 12.3. The van der Waals surface area contributed by atoms with E-state index in [0.717, 1.165) is 16.9 Å². The van der Waals surface area contributed by atoms with Crippen LogP contribution in [0.15, 0.2) is 47.6 Å². The molecule has 1 heterocycles. The third-order valence-corrected chi connectivity index (χ3v) is 5.97. The quantitative estimate of drug-likeness (QED) is 0.414. The summed E-state index contributed by atoms with van der Waals surface area (Å²) in [5, 5.41) is 20.9. The topological polar surface area (TPSA) is 106 Å². The van der Waals surface area contributed by atoms with Crippen molar-refractivity contribution in [2.45, 2.75) is 51.9 Å². The van der Waals surface area contributed by atoms with E-state index in [9.17, 15) is 9.59 Å². The number of carbonyl (C=O) groups is 2. The van der Waals surface area contributed by atoms with Gasteiger partial charge in [0.25, 0.3) is 0 Å². The van der Waals surface area contributed by atoms with Gasteiger partial charge in [-0.15, -0.1) is 10.2 Å². The number of amides is 1. The highest BCUT2D eigenvalue weighted by atomic mass is 32.2. The van der Waals surface area contributed by atoms with Gasteiger partial charge in [-0.05, 0) is 61.2 Å². The summed E-state index contributed by atoms with van der Waals surface area (Å²) in [4.78, 5) is 23.3. The van der Waals surface area contributed by atoms with E-state index in [4.69, 9.17) is 9.84 Å². The molecule has 0 saturated carbocycles. The van der Waals surface area contributed by atoms with Gasteiger partial charge in [0, 0.05) is 12.2 Å². The average molecular weight is 469 g/mol. The molecule has 33 heavy (non-hydrogen) atoms. The highest BCUT2D eigenvalue weighted by Crippen LogP contribution is 2.28. The number of rotatable bonds is 10. The Labute approximate surface area is 197 Å². The number of anilines is 1. The minimum Gasteiger partial charge on any atom is -0.485 e. The first kappa shape index (κ1) is 24.3. The Bertz CT molecular complexity index is 1130. The van der Waals surface area contributed by atoms with Crippen molar-refractivity contribution in [1.82, 2.24) is 14.8 Å². The predicted octanol–water partition coefficient (Wildman–Crippen LogP) is 4.74. The van der Waals surface area contributed by atoms with Crippen LogP contribution in [0.2, 0.25) is 0 Å². The van der Waals surface area contributed by atoms with E-state index < -0.39 is 5.97 Å². The number of aromatic nitrogens is 3. The lowest BCUT2D eigenvalue weighted by atomic mass is 10.0. The fourth-order valence-electron chi connectivity index (χ4n) is 3.26. The van der Waals surface area contributed by atoms with Gasteiger partial charge >= 0.3 is 5.97 Å². The monoisotopic (exact) mass is 468 g/mol. The molecule has 0 saturated heterocycles. The van der Waals surface area contributed by atoms with Crippen molar-refractivity contribution in [1.29, 1.82) is 0 Å². The zero-order chi connectivity index (χ0) is 24.0. The van der Waals surface area contributed by atoms with Crippen LogP contribution in [-0.2, 0) is 17.9 Å². The molecule has 0 radical (unpaired) electrons. The van der Waals surface area contributed by atoms with Gasteiger partial charge in [0.05, 0.1) is 11.3 Å². The molecule has 0 bridgehead atoms. The minimum absolute atomic E-state index is 0.148. The number of hydrogen-bond donors (Lipinski definition) is 2. The summed E-state index contributed by atoms with van der Waals surface area (Å²) in [6.45, 7) is 9.22. The second kappa shape index (κ2) is 11.0. The number of ether oxygens (including phenoxy) is 1. The predicted molar refractivity (Wildman–Crippen MR) is 128 cm³/mol. The van der Waals surface area contributed by atoms with Crippen molar-refractivity contribution in [3.8, 4) is 5.75 Å². The molecule has 8 nitrogen and oxygen atoms in total. The molecule has 3 rings (SSSR count). The maximum atomic E-state index is 12.3. The van der Waals surface area contributed by atoms with E-state index in [1.807, 2.05) is 24.5 Å². The molecule has 1 amide bonds. The van der Waals surface area contributed by atoms with Gasteiger partial charge in [-0.25, -0.2) is 4.79 Å². The summed E-state index contributed by atoms with van der Waals surface area (Å²) >= 11 is 1.29. The Morgan fingerprint density at radius 3 is 2.52 bits per heavy atom. The van der Waals surface area contributed by atoms with Crippen molar-refractivity contribution >= 4 is 29.3 Å². The fourth-order valence-corrected chi connectivity index (χ4v) is 4.08. The lowest BCUT2D eigenvalue weighted by molar-refractivity contribution is -0.113. The number of carbonyl (C=O) groups excluding carboxylic acids is 1. The van der Waals surface area contributed by atoms with Crippen LogP contribution >= 0.6 is 11.8 Å². The van der Waals surface area contributed by atoms with Crippen molar-refractivity contribution < 1.29 is 19.4 Å². The average Bonchev–Trinajstić information content (AvgIpc) is 3.18. The van der Waals surface area contributed by atoms with Gasteiger partial charge < -0.3 is 19.7 Å². The van der Waals surface area contributed by atoms with Crippen molar-refractivity contribution in [3.05, 3.63) is 65.0 Å². The third-order valence-electron chi connectivity index (χ3n) is 5.01. The summed E-state index contributed by atoms with van der Waals surface area (Å²) in [6, 6.07) is 12.2. The van der Waals surface area contributed by atoms with Gasteiger partial charge in [0.2, 0.25) is 5.91 Å². The Hall–Kier alpha value is -3.33. The first-order chi connectivity index (χ1) is 15.8. The summed E-state index contributed by atoms with van der Waals surface area (Å²) in [6.07, 6.45) is 0. The molecule has 0 aliphatic rings. The number of aryl methyl sites for hydroxylation is 1. The molecule has 0 fully saturated rings. The van der Waals surface area contributed by atoms with Crippen LogP contribution < -0.4 is 10.1 Å². The standard InChI is InChI=1S/C24H28N4O4S/c1-5-28-21(13-32-20-12-16(4)6-11-19(20)15(2)3)26-27-24(28)33-14-22(29)25-18-9-7-17(8-10-18)23(30)31/h6-12,15H,5,13-14H2,1-4H3,(H,25,29)(H,30,31). The van der Waals surface area contributed by atoms with Crippen molar-refractivity contribution in [2.24, 2.45) is 0 Å². The zero-order valence-corrected chi connectivity index (χ0v) is 20.0. The largest absolute Gasteiger partial charge is 0.485 e. The number of hydrogen-bond acceptors (Lipinski definition) is 6. The molecule has 2 N–H and O–H groups in total. The van der Waals surface area contributed by atoms with E-state index in [1.54, 1.807) is 12.1 Å². The summed E-state index contributed by atoms with van der Waals surface area (Å²) in [5.41, 5.74) is 2.98. The van der Waals surface area contributed by atoms with Crippen LogP contribution in [0.4, 0.5) is 5.69 Å². The SMILES string of the molecule is CCn1c(COc2cc(C)ccc2C(C)C)nnc1SCC(=O)Nc1ccc(C(=O)O)cc1. The number of benzene rings is 2. The Morgan fingerprint density at radius 2 is 1.88 bits per heavy atom. The Morgan fingerprint density at radius 1 is 1.15 bits per heavy atom. The lowest BCUT2D eigenvalue weighted by Crippen LogP contribution is -2.15. The van der Waals surface area contributed by atoms with E-state index in [0.29, 0.717) is 29.1 Å². The molecular formula is C24H28N4O4S. The Balaban J connectivity index is 1.61. The molecule has 0 unspecified atom stereocenters. The molecule has 0 spiro atoms. The van der Waals surface area contributed by atoms with Crippen LogP contribution in [-0.4, -0.2) is 37.5 Å². The van der Waals surface area contributed by atoms with Crippen LogP contribution in [0, 0.1) is 6.92 Å². The van der Waals surface area contributed by atoms with E-state index >= 15 is 0 Å². The number of aromatic carboxylic acids is 1. The second-order valence-electron chi connectivity index (χ2n) is 7.85. The molecule has 1 aromatic heterocycles. The normalized spacial score (nSPS) is 10.9. The summed E-state index contributed by atoms with van der Waals surface area (Å²) in [7, 11) is 0. The molecule has 174 valence electrons. The number of nitrogens with one attached hydrogen (secondary N) is 1. The Kier molecular flexibility index (Phi) is 8.11. The van der Waals surface area contributed by atoms with Gasteiger partial charge in [0.1, 0.15) is 12.4 Å². The smallest absolute Gasteiger partial charge is 0.335 e. The highest BCUT2D eigenvalue weighted by molar-refractivity contribution is 7.99. The van der Waals surface area contributed by atoms with Gasteiger partial charge in [-0.2, -0.15) is 0 Å². The van der Waals surface area contributed by atoms with Crippen molar-refractivity contribution in [2.75, 3.05) is 11.1 Å². The number of nitrogens with zero attached hydrogens (tertiary/aromatic N) is 3. The maximum Gasteiger partial charge on any atom is 0.335 e. The summed E-state index contributed by atoms with van der Waals surface area (Å²) in [5.74, 6) is 0.807. The fraction of sp³-hybridized carbons (Fsp3) is 0.333. The van der Waals surface area contributed by atoms with Gasteiger partial charge in [0.15, 0.2) is 11.0 Å².